The molecule has 33 heavy (non-hydrogen) atoms. The molecule has 190 valence electrons. The Morgan fingerprint density at radius 3 is 2.76 bits per heavy atom. The van der Waals surface area contributed by atoms with Crippen LogP contribution >= 0.6 is 11.8 Å². The maximum atomic E-state index is 13.7. The number of carbonyl (C=O) groups excluding carboxylic acids is 1. The topological polar surface area (TPSA) is 91.9 Å². The van der Waals surface area contributed by atoms with Crippen molar-refractivity contribution >= 4 is 17.7 Å². The molecule has 5 N–H and O–H groups in total. The molecule has 0 spiro atoms. The molecule has 0 radical (unpaired) electrons. The van der Waals surface area contributed by atoms with Crippen molar-refractivity contribution < 1.29 is 23.1 Å². The molecule has 8 nitrogen and oxygen atoms in total. The third-order valence-corrected chi connectivity index (χ3v) is 9.34. The van der Waals surface area contributed by atoms with Crippen LogP contribution in [0.4, 0.5) is 13.2 Å². The minimum absolute atomic E-state index is 0.000328. The van der Waals surface area contributed by atoms with E-state index in [1.54, 1.807) is 4.90 Å². The quantitative estimate of drug-likeness (QED) is 0.359. The van der Waals surface area contributed by atoms with Crippen LogP contribution in [0.1, 0.15) is 39.0 Å². The maximum absolute atomic E-state index is 13.7. The summed E-state index contributed by atoms with van der Waals surface area (Å²) >= 11 is 1.81. The van der Waals surface area contributed by atoms with Crippen molar-refractivity contribution in [1.29, 1.82) is 0 Å². The van der Waals surface area contributed by atoms with Crippen LogP contribution < -0.4 is 21.5 Å². The van der Waals surface area contributed by atoms with Gasteiger partial charge < -0.3 is 10.0 Å². The first kappa shape index (κ1) is 25.5. The van der Waals surface area contributed by atoms with Gasteiger partial charge in [-0.25, -0.2) is 10.9 Å². The van der Waals surface area contributed by atoms with Gasteiger partial charge in [0.1, 0.15) is 5.50 Å². The number of nitrogens with one attached hydrogen (secondary N) is 4. The molecular weight excluding hydrogens is 457 g/mol. The van der Waals surface area contributed by atoms with Crippen molar-refractivity contribution in [3.05, 3.63) is 0 Å². The molecule has 3 heterocycles. The van der Waals surface area contributed by atoms with Crippen molar-refractivity contribution in [3.63, 3.8) is 0 Å². The summed E-state index contributed by atoms with van der Waals surface area (Å²) in [7, 11) is 2.04. The molecule has 8 unspecified atom stereocenters. The number of hydrogen-bond donors (Lipinski definition) is 5. The fourth-order valence-electron chi connectivity index (χ4n) is 5.98. The van der Waals surface area contributed by atoms with Gasteiger partial charge >= 0.3 is 6.18 Å². The van der Waals surface area contributed by atoms with E-state index in [0.717, 1.165) is 13.1 Å². The van der Waals surface area contributed by atoms with Crippen LogP contribution in [-0.2, 0) is 4.79 Å². The van der Waals surface area contributed by atoms with Crippen LogP contribution in [0.15, 0.2) is 0 Å². The third-order valence-electron chi connectivity index (χ3n) is 7.79. The second-order valence-electron chi connectivity index (χ2n) is 9.91. The number of fused-ring (bicyclic) bond motifs is 1. The lowest BCUT2D eigenvalue weighted by molar-refractivity contribution is -0.198. The Balaban J connectivity index is 1.47. The van der Waals surface area contributed by atoms with Gasteiger partial charge in [-0.3, -0.25) is 20.3 Å². The van der Waals surface area contributed by atoms with Crippen molar-refractivity contribution in [2.75, 3.05) is 33.4 Å². The van der Waals surface area contributed by atoms with Gasteiger partial charge in [-0.05, 0) is 44.6 Å². The van der Waals surface area contributed by atoms with E-state index in [1.807, 2.05) is 18.8 Å². The Bertz CT molecular complexity index is 689. The molecule has 3 aliphatic heterocycles. The molecule has 1 saturated carbocycles. The Morgan fingerprint density at radius 1 is 1.30 bits per heavy atom. The number of thioether (sulfide) groups is 1. The first-order valence-corrected chi connectivity index (χ1v) is 12.9. The van der Waals surface area contributed by atoms with E-state index in [-0.39, 0.29) is 54.5 Å². The highest BCUT2D eigenvalue weighted by atomic mass is 32.2. The fourth-order valence-corrected chi connectivity index (χ4v) is 7.27. The molecular formula is C21H37F3N6O2S. The summed E-state index contributed by atoms with van der Waals surface area (Å²) < 4.78 is 41.0. The van der Waals surface area contributed by atoms with Gasteiger partial charge in [0.25, 0.3) is 0 Å². The predicted molar refractivity (Wildman–Crippen MR) is 120 cm³/mol. The lowest BCUT2D eigenvalue weighted by Gasteiger charge is -2.43. The monoisotopic (exact) mass is 494 g/mol. The number of alkyl halides is 3. The van der Waals surface area contributed by atoms with Crippen LogP contribution in [0.2, 0.25) is 0 Å². The Hall–Kier alpha value is -0.630. The molecule has 3 saturated heterocycles. The summed E-state index contributed by atoms with van der Waals surface area (Å²) in [6, 6.07) is 0. The molecule has 0 aromatic rings. The standard InChI is InChI=1S/C21H37F3N6O2S/c1-12(33-20-28-26-11-29(20)2)13-8-17(25-6-7-31)27-18(9-13)30-10-15-14(19(30)32)4-3-5-16(15)21(22,23)24/h12-18,20,25-28,31H,3-11H2,1-2H3. The number of rotatable bonds is 7. The number of amides is 1. The average molecular weight is 495 g/mol. The number of hydrazine groups is 1. The number of likely N-dealkylation sites (tertiary alicyclic amines) is 1. The number of hydrogen-bond acceptors (Lipinski definition) is 8. The van der Waals surface area contributed by atoms with Crippen molar-refractivity contribution in [3.8, 4) is 0 Å². The largest absolute Gasteiger partial charge is 0.395 e. The van der Waals surface area contributed by atoms with Gasteiger partial charge in [-0.2, -0.15) is 13.2 Å². The van der Waals surface area contributed by atoms with Crippen molar-refractivity contribution in [2.24, 2.45) is 23.7 Å². The SMILES string of the molecule is CC(SC1NNCN1C)C1CC(NCCO)NC(N2CC3C(CCCC3C(F)(F)F)C2=O)C1. The van der Waals surface area contributed by atoms with E-state index in [1.165, 1.54) is 0 Å². The fraction of sp³-hybridized carbons (Fsp3) is 0.952. The molecule has 12 heteroatoms. The van der Waals surface area contributed by atoms with Gasteiger partial charge in [-0.1, -0.05) is 13.3 Å². The Labute approximate surface area is 197 Å². The van der Waals surface area contributed by atoms with E-state index in [0.29, 0.717) is 25.8 Å². The first-order chi connectivity index (χ1) is 15.7. The molecule has 8 atom stereocenters. The zero-order chi connectivity index (χ0) is 23.8. The van der Waals surface area contributed by atoms with E-state index in [2.05, 4.69) is 33.3 Å². The number of piperidine rings is 1. The van der Waals surface area contributed by atoms with E-state index in [4.69, 9.17) is 0 Å². The number of aliphatic hydroxyl groups excluding tert-OH is 1. The highest BCUT2D eigenvalue weighted by molar-refractivity contribution is 8.00. The number of halogens is 3. The van der Waals surface area contributed by atoms with Crippen molar-refractivity contribution in [1.82, 2.24) is 31.3 Å². The minimum atomic E-state index is -4.26. The minimum Gasteiger partial charge on any atom is -0.395 e. The zero-order valence-electron chi connectivity index (χ0n) is 19.3. The highest BCUT2D eigenvalue weighted by Crippen LogP contribution is 2.48. The van der Waals surface area contributed by atoms with E-state index in [9.17, 15) is 23.1 Å². The number of aliphatic hydroxyl groups is 1. The summed E-state index contributed by atoms with van der Waals surface area (Å²) in [5, 5.41) is 16.3. The summed E-state index contributed by atoms with van der Waals surface area (Å²) in [6.07, 6.45) is -2.01. The van der Waals surface area contributed by atoms with Gasteiger partial charge in [0.2, 0.25) is 5.91 Å². The Morgan fingerprint density at radius 2 is 2.09 bits per heavy atom. The third kappa shape index (κ3) is 5.62. The predicted octanol–water partition coefficient (Wildman–Crippen LogP) is 1.06. The molecule has 4 aliphatic rings. The molecule has 4 fully saturated rings. The lowest BCUT2D eigenvalue weighted by Crippen LogP contribution is -2.60. The van der Waals surface area contributed by atoms with E-state index >= 15 is 0 Å². The molecule has 0 bridgehead atoms. The summed E-state index contributed by atoms with van der Waals surface area (Å²) in [4.78, 5) is 17.1. The molecule has 4 rings (SSSR count). The van der Waals surface area contributed by atoms with Crippen LogP contribution in [0.25, 0.3) is 0 Å². The molecule has 0 aromatic heterocycles. The summed E-state index contributed by atoms with van der Waals surface area (Å²) in [5.41, 5.74) is 6.52. The van der Waals surface area contributed by atoms with E-state index < -0.39 is 23.9 Å². The van der Waals surface area contributed by atoms with Crippen LogP contribution in [0, 0.1) is 23.7 Å². The summed E-state index contributed by atoms with van der Waals surface area (Å²) in [5.74, 6) is -2.42. The zero-order valence-corrected chi connectivity index (χ0v) is 20.1. The van der Waals surface area contributed by atoms with Crippen molar-refractivity contribution in [2.45, 2.75) is 68.3 Å². The van der Waals surface area contributed by atoms with Crippen LogP contribution in [-0.4, -0.2) is 83.5 Å². The van der Waals surface area contributed by atoms with Gasteiger partial charge in [0.05, 0.1) is 31.5 Å². The number of nitrogens with zero attached hydrogens (tertiary/aromatic N) is 2. The first-order valence-electron chi connectivity index (χ1n) is 12.0. The second kappa shape index (κ2) is 10.5. The lowest BCUT2D eigenvalue weighted by atomic mass is 9.73. The smallest absolute Gasteiger partial charge is 0.392 e. The van der Waals surface area contributed by atoms with Crippen LogP contribution in [0.3, 0.4) is 0 Å². The molecule has 0 aromatic carbocycles. The molecule has 1 amide bonds. The van der Waals surface area contributed by atoms with Crippen LogP contribution in [0.5, 0.6) is 0 Å². The Kier molecular flexibility index (Phi) is 8.14. The van der Waals surface area contributed by atoms with Gasteiger partial charge in [-0.15, -0.1) is 11.8 Å². The highest BCUT2D eigenvalue weighted by Gasteiger charge is 2.56. The average Bonchev–Trinajstić information content (AvgIpc) is 3.34. The van der Waals surface area contributed by atoms with Gasteiger partial charge in [0.15, 0.2) is 0 Å². The normalized spacial score (nSPS) is 39.2. The maximum Gasteiger partial charge on any atom is 0.392 e. The number of carbonyl (C=O) groups is 1. The second-order valence-corrected chi connectivity index (χ2v) is 11.4. The molecule has 1 aliphatic carbocycles. The van der Waals surface area contributed by atoms with Gasteiger partial charge in [0, 0.05) is 24.3 Å². The summed E-state index contributed by atoms with van der Waals surface area (Å²) in [6.45, 7) is 3.53.